The summed E-state index contributed by atoms with van der Waals surface area (Å²) in [5.74, 6) is -2.64. The maximum absolute atomic E-state index is 13.7. The highest BCUT2D eigenvalue weighted by Gasteiger charge is 2.25. The van der Waals surface area contributed by atoms with Gasteiger partial charge in [0.1, 0.15) is 17.5 Å². The summed E-state index contributed by atoms with van der Waals surface area (Å²) < 4.78 is 18.7. The van der Waals surface area contributed by atoms with Crippen molar-refractivity contribution in [3.63, 3.8) is 0 Å². The van der Waals surface area contributed by atoms with Crippen LogP contribution in [0.4, 0.5) is 4.39 Å². The number of carboxylic acids is 1. The molecule has 0 fully saturated rings. The van der Waals surface area contributed by atoms with Gasteiger partial charge in [0.05, 0.1) is 7.11 Å². The number of nitrogens with two attached hydrogens (primary N) is 1. The summed E-state index contributed by atoms with van der Waals surface area (Å²) in [6.45, 7) is 1.53. The average molecular weight is 227 g/mol. The molecule has 4 nitrogen and oxygen atoms in total. The Morgan fingerprint density at radius 2 is 2.25 bits per heavy atom. The molecule has 0 amide bonds. The third-order valence-corrected chi connectivity index (χ3v) is 2.34. The molecule has 0 saturated heterocycles. The first-order valence-corrected chi connectivity index (χ1v) is 4.78. The minimum absolute atomic E-state index is 0.00287. The summed E-state index contributed by atoms with van der Waals surface area (Å²) in [4.78, 5) is 10.9. The zero-order valence-corrected chi connectivity index (χ0v) is 9.16. The van der Waals surface area contributed by atoms with E-state index in [4.69, 9.17) is 15.6 Å². The van der Waals surface area contributed by atoms with Gasteiger partial charge in [-0.15, -0.1) is 0 Å². The lowest BCUT2D eigenvalue weighted by atomic mass is 9.96. The first-order chi connectivity index (χ1) is 7.51. The fraction of sp³-hybridized carbons (Fsp3) is 0.364. The highest BCUT2D eigenvalue weighted by molar-refractivity contribution is 5.77. The molecular weight excluding hydrogens is 213 g/mol. The zero-order chi connectivity index (χ0) is 12.3. The highest BCUT2D eigenvalue weighted by Crippen LogP contribution is 2.30. The third kappa shape index (κ3) is 2.30. The summed E-state index contributed by atoms with van der Waals surface area (Å²) in [7, 11) is 1.37. The van der Waals surface area contributed by atoms with Gasteiger partial charge in [0.15, 0.2) is 0 Å². The van der Waals surface area contributed by atoms with Crippen LogP contribution in [0.25, 0.3) is 0 Å². The van der Waals surface area contributed by atoms with Crippen molar-refractivity contribution in [2.75, 3.05) is 13.7 Å². The number of carboxylic acid groups (broad SMARTS) is 1. The zero-order valence-electron chi connectivity index (χ0n) is 9.16. The predicted octanol–water partition coefficient (Wildman–Crippen LogP) is 1.27. The molecule has 0 bridgehead atoms. The number of hydrogen-bond acceptors (Lipinski definition) is 3. The molecule has 1 aromatic carbocycles. The predicted molar refractivity (Wildman–Crippen MR) is 57.1 cm³/mol. The molecule has 0 aliphatic rings. The summed E-state index contributed by atoms with van der Waals surface area (Å²) in [6.07, 6.45) is 0. The molecule has 1 aromatic rings. The average Bonchev–Trinajstić information content (AvgIpc) is 2.21. The van der Waals surface area contributed by atoms with Gasteiger partial charge in [-0.3, -0.25) is 4.79 Å². The topological polar surface area (TPSA) is 72.5 Å². The van der Waals surface area contributed by atoms with E-state index in [1.54, 1.807) is 13.0 Å². The van der Waals surface area contributed by atoms with Crippen molar-refractivity contribution < 1.29 is 19.0 Å². The standard InChI is InChI=1S/C11H14FNO3/c1-6-3-8(12)10(9(4-6)16-2)7(5-13)11(14)15/h3-4,7H,5,13H2,1-2H3,(H,14,15). The quantitative estimate of drug-likeness (QED) is 0.812. The Hall–Kier alpha value is -1.62. The normalized spacial score (nSPS) is 12.2. The number of ether oxygens (including phenoxy) is 1. The number of benzene rings is 1. The Kier molecular flexibility index (Phi) is 3.84. The van der Waals surface area contributed by atoms with E-state index in [0.29, 0.717) is 5.56 Å². The molecule has 5 heteroatoms. The second-order valence-electron chi connectivity index (χ2n) is 3.49. The molecule has 0 aliphatic carbocycles. The smallest absolute Gasteiger partial charge is 0.312 e. The molecule has 16 heavy (non-hydrogen) atoms. The Bertz CT molecular complexity index is 406. The molecule has 1 unspecified atom stereocenters. The van der Waals surface area contributed by atoms with Crippen LogP contribution in [0.5, 0.6) is 5.75 Å². The van der Waals surface area contributed by atoms with Crippen LogP contribution in [0.15, 0.2) is 12.1 Å². The van der Waals surface area contributed by atoms with Gasteiger partial charge in [0.25, 0.3) is 0 Å². The molecule has 0 saturated carbocycles. The van der Waals surface area contributed by atoms with Crippen LogP contribution in [0, 0.1) is 12.7 Å². The fourth-order valence-corrected chi connectivity index (χ4v) is 1.57. The third-order valence-electron chi connectivity index (χ3n) is 2.34. The number of methoxy groups -OCH3 is 1. The van der Waals surface area contributed by atoms with Gasteiger partial charge in [-0.2, -0.15) is 0 Å². The van der Waals surface area contributed by atoms with Crippen molar-refractivity contribution in [1.82, 2.24) is 0 Å². The maximum Gasteiger partial charge on any atom is 0.312 e. The van der Waals surface area contributed by atoms with Crippen molar-refractivity contribution >= 4 is 5.97 Å². The molecule has 0 radical (unpaired) electrons. The molecule has 0 heterocycles. The number of aryl methyl sites for hydroxylation is 1. The van der Waals surface area contributed by atoms with E-state index >= 15 is 0 Å². The Morgan fingerprint density at radius 1 is 1.62 bits per heavy atom. The first kappa shape index (κ1) is 12.4. The Balaban J connectivity index is 3.35. The van der Waals surface area contributed by atoms with Crippen molar-refractivity contribution in [3.05, 3.63) is 29.1 Å². The van der Waals surface area contributed by atoms with Crippen LogP contribution >= 0.6 is 0 Å². The van der Waals surface area contributed by atoms with E-state index in [2.05, 4.69) is 0 Å². The van der Waals surface area contributed by atoms with E-state index in [1.165, 1.54) is 13.2 Å². The van der Waals surface area contributed by atoms with Crippen molar-refractivity contribution in [2.24, 2.45) is 5.73 Å². The van der Waals surface area contributed by atoms with Gasteiger partial charge in [-0.05, 0) is 24.6 Å². The van der Waals surface area contributed by atoms with Crippen LogP contribution in [0.3, 0.4) is 0 Å². The summed E-state index contributed by atoms with van der Waals surface area (Å²) in [6, 6.07) is 2.85. The number of aliphatic carboxylic acids is 1. The van der Waals surface area contributed by atoms with E-state index in [9.17, 15) is 9.18 Å². The van der Waals surface area contributed by atoms with Gasteiger partial charge in [0.2, 0.25) is 0 Å². The van der Waals surface area contributed by atoms with Crippen LogP contribution in [0.2, 0.25) is 0 Å². The second-order valence-corrected chi connectivity index (χ2v) is 3.49. The largest absolute Gasteiger partial charge is 0.496 e. The molecule has 0 aliphatic heterocycles. The lowest BCUT2D eigenvalue weighted by Gasteiger charge is -2.16. The van der Waals surface area contributed by atoms with E-state index in [-0.39, 0.29) is 17.9 Å². The van der Waals surface area contributed by atoms with Gasteiger partial charge < -0.3 is 15.6 Å². The molecule has 3 N–H and O–H groups in total. The van der Waals surface area contributed by atoms with Crippen molar-refractivity contribution in [3.8, 4) is 5.75 Å². The Morgan fingerprint density at radius 3 is 2.69 bits per heavy atom. The lowest BCUT2D eigenvalue weighted by molar-refractivity contribution is -0.138. The minimum Gasteiger partial charge on any atom is -0.496 e. The van der Waals surface area contributed by atoms with Gasteiger partial charge in [-0.1, -0.05) is 0 Å². The maximum atomic E-state index is 13.7. The molecule has 88 valence electrons. The number of halogens is 1. The lowest BCUT2D eigenvalue weighted by Crippen LogP contribution is -2.23. The molecule has 0 aromatic heterocycles. The fourth-order valence-electron chi connectivity index (χ4n) is 1.57. The van der Waals surface area contributed by atoms with Crippen LogP contribution in [-0.2, 0) is 4.79 Å². The second kappa shape index (κ2) is 4.94. The van der Waals surface area contributed by atoms with Gasteiger partial charge in [-0.25, -0.2) is 4.39 Å². The minimum atomic E-state index is -1.16. The Labute approximate surface area is 92.8 Å². The summed E-state index contributed by atoms with van der Waals surface area (Å²) >= 11 is 0. The van der Waals surface area contributed by atoms with E-state index in [1.807, 2.05) is 0 Å². The molecule has 0 spiro atoms. The summed E-state index contributed by atoms with van der Waals surface area (Å²) in [5.41, 5.74) is 6.00. The van der Waals surface area contributed by atoms with Crippen molar-refractivity contribution in [1.29, 1.82) is 0 Å². The van der Waals surface area contributed by atoms with Crippen molar-refractivity contribution in [2.45, 2.75) is 12.8 Å². The molecular formula is C11H14FNO3. The highest BCUT2D eigenvalue weighted by atomic mass is 19.1. The molecule has 1 rings (SSSR count). The van der Waals surface area contributed by atoms with Crippen LogP contribution < -0.4 is 10.5 Å². The number of rotatable bonds is 4. The summed E-state index contributed by atoms with van der Waals surface area (Å²) in [5, 5.41) is 8.94. The van der Waals surface area contributed by atoms with E-state index in [0.717, 1.165) is 0 Å². The first-order valence-electron chi connectivity index (χ1n) is 4.78. The van der Waals surface area contributed by atoms with Gasteiger partial charge in [0, 0.05) is 12.1 Å². The van der Waals surface area contributed by atoms with Crippen LogP contribution in [0.1, 0.15) is 17.0 Å². The van der Waals surface area contributed by atoms with E-state index < -0.39 is 17.7 Å². The monoisotopic (exact) mass is 227 g/mol. The SMILES string of the molecule is COc1cc(C)cc(F)c1C(CN)C(=O)O. The van der Waals surface area contributed by atoms with Crippen LogP contribution in [-0.4, -0.2) is 24.7 Å². The van der Waals surface area contributed by atoms with Gasteiger partial charge >= 0.3 is 5.97 Å². The number of carbonyl (C=O) groups is 1. The molecule has 1 atom stereocenters. The number of hydrogen-bond donors (Lipinski definition) is 2.